The van der Waals surface area contributed by atoms with Crippen molar-refractivity contribution >= 4 is 39.8 Å². The van der Waals surface area contributed by atoms with Gasteiger partial charge in [-0.2, -0.15) is 0 Å². The van der Waals surface area contributed by atoms with Gasteiger partial charge in [0.15, 0.2) is 0 Å². The van der Waals surface area contributed by atoms with Crippen molar-refractivity contribution in [1.29, 1.82) is 0 Å². The maximum atomic E-state index is 11.8. The van der Waals surface area contributed by atoms with Gasteiger partial charge >= 0.3 is 6.03 Å². The number of nitrogens with zero attached hydrogens (tertiary/aromatic N) is 2. The quantitative estimate of drug-likeness (QED) is 0.765. The third kappa shape index (κ3) is 5.32. The number of aryl methyl sites for hydroxylation is 1. The van der Waals surface area contributed by atoms with Crippen LogP contribution in [0.25, 0.3) is 0 Å². The number of amides is 2. The number of carbonyl (C=O) groups is 1. The second kappa shape index (κ2) is 7.95. The van der Waals surface area contributed by atoms with Crippen molar-refractivity contribution in [3.63, 3.8) is 0 Å². The molecule has 0 unspecified atom stereocenters. The molecule has 1 aromatic heterocycles. The van der Waals surface area contributed by atoms with E-state index >= 15 is 0 Å². The standard InChI is InChI=1S/C14H17ClN4OS/c1-2-3-4-5-12-18-19-14(21-12)17-13(20)16-11-8-6-10(15)7-9-11/h6-9H,2-5H2,1H3,(H2,16,17,19,20). The molecule has 0 aliphatic carbocycles. The molecule has 0 fully saturated rings. The smallest absolute Gasteiger partial charge is 0.308 e. The molecule has 0 atom stereocenters. The van der Waals surface area contributed by atoms with E-state index in [2.05, 4.69) is 27.8 Å². The summed E-state index contributed by atoms with van der Waals surface area (Å²) in [6, 6.07) is 6.56. The highest BCUT2D eigenvalue weighted by Crippen LogP contribution is 2.18. The summed E-state index contributed by atoms with van der Waals surface area (Å²) in [6.45, 7) is 2.16. The summed E-state index contributed by atoms with van der Waals surface area (Å²) in [5.74, 6) is 0. The zero-order valence-electron chi connectivity index (χ0n) is 11.7. The van der Waals surface area contributed by atoms with Crippen LogP contribution in [0.15, 0.2) is 24.3 Å². The summed E-state index contributed by atoms with van der Waals surface area (Å²) in [6.07, 6.45) is 4.36. The van der Waals surface area contributed by atoms with Gasteiger partial charge in [-0.15, -0.1) is 10.2 Å². The van der Waals surface area contributed by atoms with Crippen LogP contribution in [0.3, 0.4) is 0 Å². The van der Waals surface area contributed by atoms with E-state index in [0.29, 0.717) is 15.8 Å². The Hall–Kier alpha value is -1.66. The zero-order chi connectivity index (χ0) is 15.1. The highest BCUT2D eigenvalue weighted by atomic mass is 35.5. The third-order valence-corrected chi connectivity index (χ3v) is 3.93. The van der Waals surface area contributed by atoms with Crippen molar-refractivity contribution in [2.75, 3.05) is 10.6 Å². The van der Waals surface area contributed by atoms with Gasteiger partial charge in [0, 0.05) is 17.1 Å². The molecule has 0 spiro atoms. The summed E-state index contributed by atoms with van der Waals surface area (Å²) < 4.78 is 0. The molecule has 112 valence electrons. The van der Waals surface area contributed by atoms with Gasteiger partial charge in [-0.3, -0.25) is 5.32 Å². The third-order valence-electron chi connectivity index (χ3n) is 2.78. The first-order valence-corrected chi connectivity index (χ1v) is 8.03. The topological polar surface area (TPSA) is 66.9 Å². The van der Waals surface area contributed by atoms with Crippen LogP contribution >= 0.6 is 22.9 Å². The molecule has 2 rings (SSSR count). The molecule has 1 heterocycles. The number of carbonyl (C=O) groups excluding carboxylic acids is 1. The lowest BCUT2D eigenvalue weighted by Crippen LogP contribution is -2.19. The van der Waals surface area contributed by atoms with Crippen molar-refractivity contribution in [3.8, 4) is 0 Å². The van der Waals surface area contributed by atoms with Crippen LogP contribution in [-0.2, 0) is 6.42 Å². The van der Waals surface area contributed by atoms with E-state index < -0.39 is 0 Å². The van der Waals surface area contributed by atoms with E-state index in [1.165, 1.54) is 24.2 Å². The minimum atomic E-state index is -0.339. The number of benzene rings is 1. The predicted molar refractivity (Wildman–Crippen MR) is 87.2 cm³/mol. The average Bonchev–Trinajstić information content (AvgIpc) is 2.89. The number of hydrogen-bond donors (Lipinski definition) is 2. The summed E-state index contributed by atoms with van der Waals surface area (Å²) in [7, 11) is 0. The monoisotopic (exact) mass is 324 g/mol. The molecule has 21 heavy (non-hydrogen) atoms. The van der Waals surface area contributed by atoms with Crippen LogP contribution < -0.4 is 10.6 Å². The first kappa shape index (κ1) is 15.7. The maximum absolute atomic E-state index is 11.8. The number of hydrogen-bond acceptors (Lipinski definition) is 4. The Kier molecular flexibility index (Phi) is 5.95. The molecule has 0 aliphatic rings. The fraction of sp³-hybridized carbons (Fsp3) is 0.357. The Labute approximate surface area is 132 Å². The SMILES string of the molecule is CCCCCc1nnc(NC(=O)Nc2ccc(Cl)cc2)s1. The first-order valence-electron chi connectivity index (χ1n) is 6.83. The molecule has 2 amide bonds. The van der Waals surface area contributed by atoms with E-state index in [0.717, 1.165) is 17.8 Å². The summed E-state index contributed by atoms with van der Waals surface area (Å²) in [5.41, 5.74) is 0.671. The van der Waals surface area contributed by atoms with Crippen LogP contribution in [0.5, 0.6) is 0 Å². The maximum Gasteiger partial charge on any atom is 0.325 e. The molecule has 2 N–H and O–H groups in total. The molecule has 0 aliphatic heterocycles. The lowest BCUT2D eigenvalue weighted by molar-refractivity contribution is 0.262. The molecule has 1 aromatic carbocycles. The Morgan fingerprint density at radius 2 is 1.95 bits per heavy atom. The number of aromatic nitrogens is 2. The van der Waals surface area contributed by atoms with Crippen LogP contribution in [0.4, 0.5) is 15.6 Å². The molecule has 0 radical (unpaired) electrons. The number of rotatable bonds is 6. The number of halogens is 1. The minimum Gasteiger partial charge on any atom is -0.308 e. The molecule has 2 aromatic rings. The molecular formula is C14H17ClN4OS. The summed E-state index contributed by atoms with van der Waals surface area (Å²) >= 11 is 7.20. The van der Waals surface area contributed by atoms with Gasteiger partial charge in [0.2, 0.25) is 5.13 Å². The van der Waals surface area contributed by atoms with Crippen molar-refractivity contribution < 1.29 is 4.79 Å². The fourth-order valence-corrected chi connectivity index (χ4v) is 2.63. The van der Waals surface area contributed by atoms with E-state index in [4.69, 9.17) is 11.6 Å². The van der Waals surface area contributed by atoms with E-state index in [-0.39, 0.29) is 6.03 Å². The van der Waals surface area contributed by atoms with Gasteiger partial charge in [0.1, 0.15) is 5.01 Å². The largest absolute Gasteiger partial charge is 0.325 e. The molecule has 0 saturated carbocycles. The Bertz CT molecular complexity index is 585. The van der Waals surface area contributed by atoms with Gasteiger partial charge in [0.05, 0.1) is 0 Å². The lowest BCUT2D eigenvalue weighted by Gasteiger charge is -2.04. The Morgan fingerprint density at radius 3 is 2.67 bits per heavy atom. The summed E-state index contributed by atoms with van der Waals surface area (Å²) in [5, 5.41) is 15.5. The molecule has 5 nitrogen and oxygen atoms in total. The zero-order valence-corrected chi connectivity index (χ0v) is 13.3. The highest BCUT2D eigenvalue weighted by molar-refractivity contribution is 7.15. The van der Waals surface area contributed by atoms with Crippen molar-refractivity contribution in [1.82, 2.24) is 10.2 Å². The van der Waals surface area contributed by atoms with Crippen molar-refractivity contribution in [3.05, 3.63) is 34.3 Å². The van der Waals surface area contributed by atoms with Crippen LogP contribution in [0.1, 0.15) is 31.2 Å². The van der Waals surface area contributed by atoms with Gasteiger partial charge in [-0.1, -0.05) is 42.7 Å². The fourth-order valence-electron chi connectivity index (χ4n) is 1.72. The summed E-state index contributed by atoms with van der Waals surface area (Å²) in [4.78, 5) is 11.8. The number of unbranched alkanes of at least 4 members (excludes halogenated alkanes) is 2. The van der Waals surface area contributed by atoms with Crippen LogP contribution in [0, 0.1) is 0 Å². The van der Waals surface area contributed by atoms with Crippen LogP contribution in [-0.4, -0.2) is 16.2 Å². The second-order valence-electron chi connectivity index (χ2n) is 4.54. The van der Waals surface area contributed by atoms with E-state index in [1.54, 1.807) is 24.3 Å². The second-order valence-corrected chi connectivity index (χ2v) is 6.04. The normalized spacial score (nSPS) is 10.4. The Morgan fingerprint density at radius 1 is 1.19 bits per heavy atom. The van der Waals surface area contributed by atoms with E-state index in [9.17, 15) is 4.79 Å². The molecule has 7 heteroatoms. The van der Waals surface area contributed by atoms with Crippen molar-refractivity contribution in [2.24, 2.45) is 0 Å². The van der Waals surface area contributed by atoms with Crippen LogP contribution in [0.2, 0.25) is 5.02 Å². The number of nitrogens with one attached hydrogen (secondary N) is 2. The molecule has 0 bridgehead atoms. The average molecular weight is 325 g/mol. The van der Waals surface area contributed by atoms with E-state index in [1.807, 2.05) is 0 Å². The van der Waals surface area contributed by atoms with Gasteiger partial charge in [-0.25, -0.2) is 4.79 Å². The highest BCUT2D eigenvalue weighted by Gasteiger charge is 2.08. The minimum absolute atomic E-state index is 0.339. The first-order chi connectivity index (χ1) is 10.2. The molecule has 0 saturated heterocycles. The Balaban J connectivity index is 1.83. The number of anilines is 2. The van der Waals surface area contributed by atoms with Gasteiger partial charge in [0.25, 0.3) is 0 Å². The van der Waals surface area contributed by atoms with Gasteiger partial charge < -0.3 is 5.32 Å². The van der Waals surface area contributed by atoms with Crippen molar-refractivity contribution in [2.45, 2.75) is 32.6 Å². The lowest BCUT2D eigenvalue weighted by atomic mass is 10.2. The predicted octanol–water partition coefficient (Wildman–Crippen LogP) is 4.57. The number of urea groups is 1. The van der Waals surface area contributed by atoms with Gasteiger partial charge in [-0.05, 0) is 30.7 Å². The molecular weight excluding hydrogens is 308 g/mol.